The van der Waals surface area contributed by atoms with Crippen molar-refractivity contribution in [3.8, 4) is 0 Å². The number of primary amides is 1. The normalized spacial score (nSPS) is 9.71. The molecule has 90 valence electrons. The molecule has 0 radical (unpaired) electrons. The van der Waals surface area contributed by atoms with Gasteiger partial charge in [0, 0.05) is 6.42 Å². The largest absolute Gasteiger partial charge is 0.365 e. The maximum absolute atomic E-state index is 11.5. The highest BCUT2D eigenvalue weighted by Gasteiger charge is 2.13. The first kappa shape index (κ1) is 13.3. The van der Waals surface area contributed by atoms with E-state index < -0.39 is 5.91 Å². The zero-order valence-corrected chi connectivity index (χ0v) is 9.96. The SMILES string of the molecule is C=CCCC(=O)Nc1cccc(Cl)c1C(N)=O. The fraction of sp³-hybridized carbons (Fsp3) is 0.167. The van der Waals surface area contributed by atoms with E-state index in [1.165, 1.54) is 0 Å². The van der Waals surface area contributed by atoms with Gasteiger partial charge in [0.2, 0.25) is 5.91 Å². The van der Waals surface area contributed by atoms with E-state index in [4.69, 9.17) is 17.3 Å². The fourth-order valence-corrected chi connectivity index (χ4v) is 1.59. The number of carbonyl (C=O) groups is 2. The molecule has 0 heterocycles. The predicted octanol–water partition coefficient (Wildman–Crippen LogP) is 2.34. The van der Waals surface area contributed by atoms with E-state index in [0.717, 1.165) is 0 Å². The maximum atomic E-state index is 11.5. The van der Waals surface area contributed by atoms with Gasteiger partial charge in [0.05, 0.1) is 16.3 Å². The third-order valence-corrected chi connectivity index (χ3v) is 2.42. The van der Waals surface area contributed by atoms with Crippen LogP contribution in [0.25, 0.3) is 0 Å². The summed E-state index contributed by atoms with van der Waals surface area (Å²) in [5.41, 5.74) is 5.66. The summed E-state index contributed by atoms with van der Waals surface area (Å²) in [6.07, 6.45) is 2.51. The molecule has 0 spiro atoms. The van der Waals surface area contributed by atoms with Crippen LogP contribution in [-0.2, 0) is 4.79 Å². The molecule has 1 aromatic rings. The molecule has 0 saturated heterocycles. The lowest BCUT2D eigenvalue weighted by molar-refractivity contribution is -0.116. The molecule has 4 nitrogen and oxygen atoms in total. The molecule has 0 aliphatic carbocycles. The van der Waals surface area contributed by atoms with Gasteiger partial charge < -0.3 is 11.1 Å². The quantitative estimate of drug-likeness (QED) is 0.790. The van der Waals surface area contributed by atoms with E-state index in [1.54, 1.807) is 24.3 Å². The van der Waals surface area contributed by atoms with Crippen LogP contribution in [-0.4, -0.2) is 11.8 Å². The molecule has 1 aromatic carbocycles. The van der Waals surface area contributed by atoms with Crippen LogP contribution < -0.4 is 11.1 Å². The topological polar surface area (TPSA) is 72.2 Å². The molecule has 0 unspecified atom stereocenters. The van der Waals surface area contributed by atoms with Crippen molar-refractivity contribution in [2.24, 2.45) is 5.73 Å². The van der Waals surface area contributed by atoms with E-state index in [-0.39, 0.29) is 16.5 Å². The van der Waals surface area contributed by atoms with Crippen LogP contribution in [0.3, 0.4) is 0 Å². The van der Waals surface area contributed by atoms with Crippen molar-refractivity contribution < 1.29 is 9.59 Å². The van der Waals surface area contributed by atoms with Crippen molar-refractivity contribution in [3.05, 3.63) is 41.4 Å². The number of hydrogen-bond acceptors (Lipinski definition) is 2. The Balaban J connectivity index is 2.91. The summed E-state index contributed by atoms with van der Waals surface area (Å²) in [7, 11) is 0. The van der Waals surface area contributed by atoms with E-state index in [2.05, 4.69) is 11.9 Å². The first-order chi connectivity index (χ1) is 8.06. The second-order valence-electron chi connectivity index (χ2n) is 3.40. The van der Waals surface area contributed by atoms with E-state index in [9.17, 15) is 9.59 Å². The number of allylic oxidation sites excluding steroid dienone is 1. The van der Waals surface area contributed by atoms with Crippen LogP contribution in [0.1, 0.15) is 23.2 Å². The summed E-state index contributed by atoms with van der Waals surface area (Å²) >= 11 is 5.84. The molecular formula is C12H13ClN2O2. The molecule has 0 fully saturated rings. The number of benzene rings is 1. The molecule has 0 saturated carbocycles. The first-order valence-corrected chi connectivity index (χ1v) is 5.43. The van der Waals surface area contributed by atoms with Gasteiger partial charge in [0.25, 0.3) is 5.91 Å². The van der Waals surface area contributed by atoms with Gasteiger partial charge in [0.15, 0.2) is 0 Å². The number of carbonyl (C=O) groups excluding carboxylic acids is 2. The van der Waals surface area contributed by atoms with Crippen molar-refractivity contribution >= 4 is 29.1 Å². The third kappa shape index (κ3) is 3.60. The average molecular weight is 253 g/mol. The van der Waals surface area contributed by atoms with Crippen LogP contribution in [0.2, 0.25) is 5.02 Å². The van der Waals surface area contributed by atoms with Crippen molar-refractivity contribution in [2.75, 3.05) is 5.32 Å². The van der Waals surface area contributed by atoms with Crippen molar-refractivity contribution in [2.45, 2.75) is 12.8 Å². The molecule has 0 aromatic heterocycles. The van der Waals surface area contributed by atoms with Gasteiger partial charge in [-0.2, -0.15) is 0 Å². The molecule has 0 atom stereocenters. The summed E-state index contributed by atoms with van der Waals surface area (Å²) < 4.78 is 0. The molecule has 3 N–H and O–H groups in total. The molecule has 5 heteroatoms. The number of halogens is 1. The van der Waals surface area contributed by atoms with Crippen LogP contribution in [0.5, 0.6) is 0 Å². The Bertz CT molecular complexity index is 458. The number of nitrogens with two attached hydrogens (primary N) is 1. The Morgan fingerprint density at radius 1 is 1.47 bits per heavy atom. The Morgan fingerprint density at radius 3 is 2.76 bits per heavy atom. The van der Waals surface area contributed by atoms with Crippen molar-refractivity contribution in [3.63, 3.8) is 0 Å². The van der Waals surface area contributed by atoms with E-state index in [0.29, 0.717) is 18.5 Å². The Morgan fingerprint density at radius 2 is 2.18 bits per heavy atom. The molecule has 17 heavy (non-hydrogen) atoms. The van der Waals surface area contributed by atoms with Crippen molar-refractivity contribution in [1.82, 2.24) is 0 Å². The van der Waals surface area contributed by atoms with E-state index >= 15 is 0 Å². The third-order valence-electron chi connectivity index (χ3n) is 2.11. The highest BCUT2D eigenvalue weighted by molar-refractivity contribution is 6.34. The van der Waals surface area contributed by atoms with Crippen LogP contribution in [0, 0.1) is 0 Å². The van der Waals surface area contributed by atoms with Crippen molar-refractivity contribution in [1.29, 1.82) is 0 Å². The van der Waals surface area contributed by atoms with Gasteiger partial charge in [-0.05, 0) is 18.6 Å². The average Bonchev–Trinajstić information content (AvgIpc) is 2.25. The fourth-order valence-electron chi connectivity index (χ4n) is 1.32. The minimum absolute atomic E-state index is 0.126. The second kappa shape index (κ2) is 6.06. The minimum atomic E-state index is -0.672. The predicted molar refractivity (Wildman–Crippen MR) is 68.0 cm³/mol. The zero-order valence-electron chi connectivity index (χ0n) is 9.20. The Hall–Kier alpha value is -1.81. The second-order valence-corrected chi connectivity index (χ2v) is 3.81. The number of hydrogen-bond donors (Lipinski definition) is 2. The van der Waals surface area contributed by atoms with Gasteiger partial charge in [-0.15, -0.1) is 6.58 Å². The molecule has 2 amide bonds. The van der Waals surface area contributed by atoms with Crippen LogP contribution in [0.4, 0.5) is 5.69 Å². The molecule has 0 aliphatic heterocycles. The minimum Gasteiger partial charge on any atom is -0.365 e. The Kier molecular flexibility index (Phi) is 4.72. The highest BCUT2D eigenvalue weighted by atomic mass is 35.5. The van der Waals surface area contributed by atoms with E-state index in [1.807, 2.05) is 0 Å². The first-order valence-electron chi connectivity index (χ1n) is 5.05. The molecule has 0 aliphatic rings. The lowest BCUT2D eigenvalue weighted by Gasteiger charge is -2.09. The maximum Gasteiger partial charge on any atom is 0.252 e. The standard InChI is InChI=1S/C12H13ClN2O2/c1-2-3-7-10(16)15-9-6-4-5-8(13)11(9)12(14)17/h2,4-6H,1,3,7H2,(H2,14,17)(H,15,16). The number of nitrogens with one attached hydrogen (secondary N) is 1. The zero-order chi connectivity index (χ0) is 12.8. The summed E-state index contributed by atoms with van der Waals surface area (Å²) in [5, 5.41) is 2.82. The number of amides is 2. The van der Waals surface area contributed by atoms with Gasteiger partial charge in [-0.25, -0.2) is 0 Å². The van der Waals surface area contributed by atoms with Gasteiger partial charge in [-0.3, -0.25) is 9.59 Å². The molecule has 1 rings (SSSR count). The molecule has 0 bridgehead atoms. The smallest absolute Gasteiger partial charge is 0.252 e. The summed E-state index contributed by atoms with van der Waals surface area (Å²) in [5.74, 6) is -0.885. The highest BCUT2D eigenvalue weighted by Crippen LogP contribution is 2.23. The van der Waals surface area contributed by atoms with Crippen LogP contribution >= 0.6 is 11.6 Å². The number of rotatable bonds is 5. The lowest BCUT2D eigenvalue weighted by Crippen LogP contribution is -2.18. The Labute approximate surface area is 104 Å². The summed E-state index contributed by atoms with van der Waals surface area (Å²) in [6.45, 7) is 3.52. The summed E-state index contributed by atoms with van der Waals surface area (Å²) in [6, 6.07) is 4.76. The number of anilines is 1. The monoisotopic (exact) mass is 252 g/mol. The van der Waals surface area contributed by atoms with Gasteiger partial charge >= 0.3 is 0 Å². The lowest BCUT2D eigenvalue weighted by atomic mass is 10.1. The van der Waals surface area contributed by atoms with Crippen LogP contribution in [0.15, 0.2) is 30.9 Å². The van der Waals surface area contributed by atoms with Gasteiger partial charge in [0.1, 0.15) is 0 Å². The molecular weight excluding hydrogens is 240 g/mol. The van der Waals surface area contributed by atoms with Gasteiger partial charge in [-0.1, -0.05) is 23.7 Å². The summed E-state index contributed by atoms with van der Waals surface area (Å²) in [4.78, 5) is 22.7.